The van der Waals surface area contributed by atoms with Gasteiger partial charge < -0.3 is 15.5 Å². The van der Waals surface area contributed by atoms with E-state index in [1.165, 1.54) is 0 Å². The normalized spacial score (nSPS) is 18.7. The third-order valence-electron chi connectivity index (χ3n) is 3.67. The maximum Gasteiger partial charge on any atom is 0.157 e. The molecule has 0 unspecified atom stereocenters. The van der Waals surface area contributed by atoms with E-state index in [2.05, 4.69) is 24.1 Å². The summed E-state index contributed by atoms with van der Waals surface area (Å²) in [5.41, 5.74) is 1.09. The first-order valence-electron chi connectivity index (χ1n) is 7.04. The summed E-state index contributed by atoms with van der Waals surface area (Å²) >= 11 is 0. The topological polar surface area (TPSA) is 55.7 Å². The number of piperazine rings is 1. The predicted molar refractivity (Wildman–Crippen MR) is 76.4 cm³/mol. The van der Waals surface area contributed by atoms with E-state index in [1.807, 2.05) is 6.07 Å². The molecule has 0 bridgehead atoms. The number of nitrogens with zero attached hydrogens (tertiary/aromatic N) is 1. The van der Waals surface area contributed by atoms with Crippen molar-refractivity contribution in [1.29, 1.82) is 0 Å². The maximum absolute atomic E-state index is 9.70. The van der Waals surface area contributed by atoms with E-state index in [4.69, 9.17) is 0 Å². The number of hydrogen-bond acceptors (Lipinski definition) is 4. The van der Waals surface area contributed by atoms with Crippen LogP contribution in [0.3, 0.4) is 0 Å². The minimum atomic E-state index is -0.0487. The highest BCUT2D eigenvalue weighted by atomic mass is 16.3. The first-order chi connectivity index (χ1) is 9.08. The number of hydrogen-bond donors (Lipinski definition) is 3. The molecule has 2 rings (SSSR count). The summed E-state index contributed by atoms with van der Waals surface area (Å²) in [6, 6.07) is 5.52. The van der Waals surface area contributed by atoms with Crippen molar-refractivity contribution in [2.75, 3.05) is 26.2 Å². The van der Waals surface area contributed by atoms with E-state index in [-0.39, 0.29) is 11.5 Å². The lowest BCUT2D eigenvalue weighted by molar-refractivity contribution is 0.154. The van der Waals surface area contributed by atoms with Crippen LogP contribution in [0.25, 0.3) is 0 Å². The average Bonchev–Trinajstić information content (AvgIpc) is 2.40. The van der Waals surface area contributed by atoms with Crippen molar-refractivity contribution < 1.29 is 10.2 Å². The van der Waals surface area contributed by atoms with Crippen LogP contribution in [0.2, 0.25) is 0 Å². The minimum absolute atomic E-state index is 0.0265. The Morgan fingerprint density at radius 1 is 1.16 bits per heavy atom. The summed E-state index contributed by atoms with van der Waals surface area (Å²) in [7, 11) is 0. The molecule has 1 aliphatic heterocycles. The molecule has 19 heavy (non-hydrogen) atoms. The van der Waals surface area contributed by atoms with E-state index in [9.17, 15) is 10.2 Å². The van der Waals surface area contributed by atoms with Crippen LogP contribution in [0, 0.1) is 5.92 Å². The molecule has 4 heteroatoms. The molecule has 0 aliphatic carbocycles. The molecule has 4 nitrogen and oxygen atoms in total. The standard InChI is InChI=1S/C15H24N2O2/c1-11(2)9-13(17-7-5-16-6-8-17)12-3-4-14(18)15(19)10-12/h3-4,10-11,13,16,18-19H,5-9H2,1-2H3/t13-/m1/s1. The first-order valence-corrected chi connectivity index (χ1v) is 7.04. The number of phenolic OH excluding ortho intramolecular Hbond substituents is 2. The Kier molecular flexibility index (Phi) is 4.66. The molecule has 1 saturated heterocycles. The predicted octanol–water partition coefficient (Wildman–Crippen LogP) is 2.09. The zero-order valence-corrected chi connectivity index (χ0v) is 11.8. The van der Waals surface area contributed by atoms with Crippen LogP contribution >= 0.6 is 0 Å². The highest BCUT2D eigenvalue weighted by molar-refractivity contribution is 5.41. The SMILES string of the molecule is CC(C)C[C@H](c1ccc(O)c(O)c1)N1CCNCC1. The summed E-state index contributed by atoms with van der Waals surface area (Å²) in [6.07, 6.45) is 1.06. The largest absolute Gasteiger partial charge is 0.504 e. The van der Waals surface area contributed by atoms with Crippen molar-refractivity contribution in [3.63, 3.8) is 0 Å². The minimum Gasteiger partial charge on any atom is -0.504 e. The molecule has 1 atom stereocenters. The molecular formula is C15H24N2O2. The van der Waals surface area contributed by atoms with Gasteiger partial charge in [0.05, 0.1) is 0 Å². The molecule has 0 radical (unpaired) electrons. The average molecular weight is 264 g/mol. The fraction of sp³-hybridized carbons (Fsp3) is 0.600. The van der Waals surface area contributed by atoms with Crippen molar-refractivity contribution in [2.24, 2.45) is 5.92 Å². The van der Waals surface area contributed by atoms with E-state index < -0.39 is 0 Å². The maximum atomic E-state index is 9.70. The zero-order valence-electron chi connectivity index (χ0n) is 11.8. The molecular weight excluding hydrogens is 240 g/mol. The van der Waals surface area contributed by atoms with Crippen LogP contribution in [0.5, 0.6) is 11.5 Å². The molecule has 1 aromatic carbocycles. The summed E-state index contributed by atoms with van der Waals surface area (Å²) < 4.78 is 0. The van der Waals surface area contributed by atoms with Crippen LogP contribution in [-0.2, 0) is 0 Å². The lowest BCUT2D eigenvalue weighted by Gasteiger charge is -2.36. The molecule has 1 aromatic rings. The van der Waals surface area contributed by atoms with Gasteiger partial charge in [0.25, 0.3) is 0 Å². The summed E-state index contributed by atoms with van der Waals surface area (Å²) in [6.45, 7) is 8.51. The number of nitrogens with one attached hydrogen (secondary N) is 1. The van der Waals surface area contributed by atoms with Crippen molar-refractivity contribution >= 4 is 0 Å². The quantitative estimate of drug-likeness (QED) is 0.729. The third-order valence-corrected chi connectivity index (χ3v) is 3.67. The van der Waals surface area contributed by atoms with Crippen LogP contribution in [0.15, 0.2) is 18.2 Å². The molecule has 0 spiro atoms. The second-order valence-corrected chi connectivity index (χ2v) is 5.68. The molecule has 3 N–H and O–H groups in total. The summed E-state index contributed by atoms with van der Waals surface area (Å²) in [4.78, 5) is 2.46. The molecule has 1 fully saturated rings. The van der Waals surface area contributed by atoms with Crippen molar-refractivity contribution in [1.82, 2.24) is 10.2 Å². The highest BCUT2D eigenvalue weighted by Gasteiger charge is 2.23. The first kappa shape index (κ1) is 14.2. The van der Waals surface area contributed by atoms with Gasteiger partial charge in [-0.25, -0.2) is 0 Å². The molecule has 0 aromatic heterocycles. The van der Waals surface area contributed by atoms with Gasteiger partial charge in [0.2, 0.25) is 0 Å². The number of rotatable bonds is 4. The van der Waals surface area contributed by atoms with Crippen molar-refractivity contribution in [3.8, 4) is 11.5 Å². The summed E-state index contributed by atoms with van der Waals surface area (Å²) in [5.74, 6) is 0.518. The van der Waals surface area contributed by atoms with E-state index in [1.54, 1.807) is 12.1 Å². The third kappa shape index (κ3) is 3.61. The van der Waals surface area contributed by atoms with Gasteiger partial charge in [-0.3, -0.25) is 4.90 Å². The van der Waals surface area contributed by atoms with E-state index >= 15 is 0 Å². The Bertz CT molecular complexity index is 415. The molecule has 106 valence electrons. The van der Waals surface area contributed by atoms with Gasteiger partial charge in [0.1, 0.15) is 0 Å². The smallest absolute Gasteiger partial charge is 0.157 e. The van der Waals surface area contributed by atoms with Crippen LogP contribution in [0.1, 0.15) is 31.9 Å². The molecule has 0 amide bonds. The Balaban J connectivity index is 2.22. The van der Waals surface area contributed by atoms with Crippen LogP contribution < -0.4 is 5.32 Å². The molecule has 0 saturated carbocycles. The zero-order chi connectivity index (χ0) is 13.8. The fourth-order valence-electron chi connectivity index (χ4n) is 2.68. The second-order valence-electron chi connectivity index (χ2n) is 5.68. The Labute approximate surface area is 115 Å². The van der Waals surface area contributed by atoms with Crippen molar-refractivity contribution in [3.05, 3.63) is 23.8 Å². The van der Waals surface area contributed by atoms with Gasteiger partial charge in [-0.15, -0.1) is 0 Å². The Morgan fingerprint density at radius 2 is 1.84 bits per heavy atom. The van der Waals surface area contributed by atoms with Gasteiger partial charge in [-0.05, 0) is 30.0 Å². The van der Waals surface area contributed by atoms with Gasteiger partial charge in [-0.2, -0.15) is 0 Å². The number of phenols is 2. The molecule has 1 aliphatic rings. The van der Waals surface area contributed by atoms with Crippen LogP contribution in [0.4, 0.5) is 0 Å². The molecule has 1 heterocycles. The highest BCUT2D eigenvalue weighted by Crippen LogP contribution is 2.33. The van der Waals surface area contributed by atoms with Gasteiger partial charge >= 0.3 is 0 Å². The second kappa shape index (κ2) is 6.26. The lowest BCUT2D eigenvalue weighted by atomic mass is 9.94. The Hall–Kier alpha value is -1.26. The summed E-state index contributed by atoms with van der Waals surface area (Å²) in [5, 5.41) is 22.5. The number of benzene rings is 1. The van der Waals surface area contributed by atoms with Crippen molar-refractivity contribution in [2.45, 2.75) is 26.3 Å². The monoisotopic (exact) mass is 264 g/mol. The van der Waals surface area contributed by atoms with Gasteiger partial charge in [0.15, 0.2) is 11.5 Å². The van der Waals surface area contributed by atoms with E-state index in [0.29, 0.717) is 12.0 Å². The Morgan fingerprint density at radius 3 is 2.42 bits per heavy atom. The van der Waals surface area contributed by atoms with Crippen LogP contribution in [-0.4, -0.2) is 41.3 Å². The van der Waals surface area contributed by atoms with Gasteiger partial charge in [-0.1, -0.05) is 19.9 Å². The number of aromatic hydroxyl groups is 2. The van der Waals surface area contributed by atoms with Gasteiger partial charge in [0, 0.05) is 32.2 Å². The fourth-order valence-corrected chi connectivity index (χ4v) is 2.68. The van der Waals surface area contributed by atoms with E-state index in [0.717, 1.165) is 38.2 Å². The lowest BCUT2D eigenvalue weighted by Crippen LogP contribution is -2.45.